The van der Waals surface area contributed by atoms with Crippen LogP contribution in [0.4, 0.5) is 0 Å². The first-order valence-electron chi connectivity index (χ1n) is 7.77. The van der Waals surface area contributed by atoms with E-state index in [2.05, 4.69) is 38.5 Å². The Labute approximate surface area is 158 Å². The maximum Gasteiger partial charge on any atom is 0.0999 e. The molecule has 0 unspecified atom stereocenters. The van der Waals surface area contributed by atoms with Crippen molar-refractivity contribution in [1.82, 2.24) is 9.55 Å². The van der Waals surface area contributed by atoms with Crippen molar-refractivity contribution in [3.63, 3.8) is 0 Å². The molecule has 0 saturated heterocycles. The second-order valence-electron chi connectivity index (χ2n) is 6.02. The second-order valence-corrected chi connectivity index (χ2v) is 7.37. The molecule has 0 saturated carbocycles. The minimum absolute atomic E-state index is 0.647. The van der Waals surface area contributed by atoms with Crippen LogP contribution in [0.25, 0.3) is 27.5 Å². The van der Waals surface area contributed by atoms with Crippen LogP contribution in [0.15, 0.2) is 47.1 Å². The molecular formula is C20H13BrClN3. The third-order valence-electron chi connectivity index (χ3n) is 4.53. The van der Waals surface area contributed by atoms with E-state index in [1.54, 1.807) is 0 Å². The van der Waals surface area contributed by atoms with Gasteiger partial charge < -0.3 is 4.57 Å². The van der Waals surface area contributed by atoms with Crippen LogP contribution in [0.5, 0.6) is 0 Å². The zero-order valence-electron chi connectivity index (χ0n) is 13.6. The lowest BCUT2D eigenvalue weighted by Gasteiger charge is -2.15. The smallest absolute Gasteiger partial charge is 0.0999 e. The number of aryl methyl sites for hydroxylation is 1. The van der Waals surface area contributed by atoms with E-state index in [-0.39, 0.29) is 0 Å². The summed E-state index contributed by atoms with van der Waals surface area (Å²) in [6.45, 7) is 4.07. The van der Waals surface area contributed by atoms with Crippen molar-refractivity contribution in [3.05, 3.63) is 68.9 Å². The topological polar surface area (TPSA) is 41.6 Å². The number of hydrogen-bond acceptors (Lipinski definition) is 2. The first-order valence-corrected chi connectivity index (χ1v) is 8.94. The molecule has 0 aliphatic carbocycles. The zero-order chi connectivity index (χ0) is 17.7. The summed E-state index contributed by atoms with van der Waals surface area (Å²) in [5, 5.41) is 12.0. The minimum Gasteiger partial charge on any atom is -0.315 e. The van der Waals surface area contributed by atoms with Gasteiger partial charge in [0.05, 0.1) is 28.4 Å². The highest BCUT2D eigenvalue weighted by Gasteiger charge is 2.15. The van der Waals surface area contributed by atoms with E-state index in [1.165, 1.54) is 0 Å². The summed E-state index contributed by atoms with van der Waals surface area (Å²) in [4.78, 5) is 4.68. The van der Waals surface area contributed by atoms with E-state index < -0.39 is 0 Å². The van der Waals surface area contributed by atoms with Gasteiger partial charge in [0.1, 0.15) is 0 Å². The highest BCUT2D eigenvalue weighted by Crippen LogP contribution is 2.33. The molecule has 25 heavy (non-hydrogen) atoms. The van der Waals surface area contributed by atoms with Crippen molar-refractivity contribution in [2.75, 3.05) is 0 Å². The van der Waals surface area contributed by atoms with Gasteiger partial charge >= 0.3 is 0 Å². The first-order chi connectivity index (χ1) is 12.0. The molecule has 0 fully saturated rings. The Balaban J connectivity index is 2.18. The number of rotatable bonds is 1. The van der Waals surface area contributed by atoms with Crippen molar-refractivity contribution in [2.45, 2.75) is 13.8 Å². The number of benzene rings is 2. The van der Waals surface area contributed by atoms with Crippen LogP contribution in [0.3, 0.4) is 0 Å². The molecule has 5 heteroatoms. The summed E-state index contributed by atoms with van der Waals surface area (Å²) in [6.07, 6.45) is 2.00. The van der Waals surface area contributed by atoms with Crippen LogP contribution in [0.2, 0.25) is 5.02 Å². The van der Waals surface area contributed by atoms with Gasteiger partial charge in [0.2, 0.25) is 0 Å². The standard InChI is InChI=1S/C20H13BrClN3/c1-11-12(2)24-18-4-3-15(22)9-17(18)20(11)25-6-5-16-13(10-23)7-14(21)8-19(16)25/h3-9H,1-2H3. The van der Waals surface area contributed by atoms with E-state index in [9.17, 15) is 5.26 Å². The lowest BCUT2D eigenvalue weighted by atomic mass is 10.1. The Morgan fingerprint density at radius 1 is 1.12 bits per heavy atom. The molecule has 2 aromatic carbocycles. The van der Waals surface area contributed by atoms with Gasteiger partial charge in [-0.15, -0.1) is 0 Å². The van der Waals surface area contributed by atoms with Gasteiger partial charge in [0.25, 0.3) is 0 Å². The fourth-order valence-corrected chi connectivity index (χ4v) is 3.86. The average molecular weight is 411 g/mol. The quantitative estimate of drug-likeness (QED) is 0.381. The van der Waals surface area contributed by atoms with E-state index in [0.717, 1.165) is 43.2 Å². The zero-order valence-corrected chi connectivity index (χ0v) is 16.0. The van der Waals surface area contributed by atoms with E-state index in [1.807, 2.05) is 49.5 Å². The minimum atomic E-state index is 0.647. The van der Waals surface area contributed by atoms with Crippen molar-refractivity contribution in [2.24, 2.45) is 0 Å². The van der Waals surface area contributed by atoms with Crippen LogP contribution in [-0.4, -0.2) is 9.55 Å². The van der Waals surface area contributed by atoms with Gasteiger partial charge in [-0.2, -0.15) is 5.26 Å². The average Bonchev–Trinajstić information content (AvgIpc) is 2.99. The number of hydrogen-bond donors (Lipinski definition) is 0. The van der Waals surface area contributed by atoms with Crippen molar-refractivity contribution in [3.8, 4) is 11.8 Å². The maximum atomic E-state index is 9.44. The van der Waals surface area contributed by atoms with E-state index in [4.69, 9.17) is 11.6 Å². The molecule has 0 aliphatic rings. The fourth-order valence-electron chi connectivity index (χ4n) is 3.24. The van der Waals surface area contributed by atoms with Gasteiger partial charge in [-0.05, 0) is 55.8 Å². The third-order valence-corrected chi connectivity index (χ3v) is 5.23. The molecule has 2 heterocycles. The lowest BCUT2D eigenvalue weighted by molar-refractivity contribution is 1.08. The van der Waals surface area contributed by atoms with Crippen LogP contribution in [-0.2, 0) is 0 Å². The Morgan fingerprint density at radius 2 is 1.92 bits per heavy atom. The molecule has 0 atom stereocenters. The molecule has 122 valence electrons. The number of halogens is 2. The van der Waals surface area contributed by atoms with Crippen molar-refractivity contribution < 1.29 is 0 Å². The van der Waals surface area contributed by atoms with Crippen molar-refractivity contribution in [1.29, 1.82) is 5.26 Å². The summed E-state index contributed by atoms with van der Waals surface area (Å²) in [6, 6.07) is 13.9. The summed E-state index contributed by atoms with van der Waals surface area (Å²) < 4.78 is 2.99. The number of nitriles is 1. The molecule has 0 spiro atoms. The first kappa shape index (κ1) is 16.1. The SMILES string of the molecule is Cc1nc2ccc(Cl)cc2c(-n2ccc3c(C#N)cc(Br)cc32)c1C. The number of nitrogens with zero attached hydrogens (tertiary/aromatic N) is 3. The predicted molar refractivity (Wildman–Crippen MR) is 105 cm³/mol. The summed E-state index contributed by atoms with van der Waals surface area (Å²) in [5.74, 6) is 0. The number of pyridine rings is 1. The van der Waals surface area contributed by atoms with E-state index in [0.29, 0.717) is 10.6 Å². The normalized spacial score (nSPS) is 11.2. The lowest BCUT2D eigenvalue weighted by Crippen LogP contribution is -2.01. The van der Waals surface area contributed by atoms with Gasteiger partial charge in [-0.25, -0.2) is 0 Å². The molecule has 3 nitrogen and oxygen atoms in total. The van der Waals surface area contributed by atoms with Crippen LogP contribution >= 0.6 is 27.5 Å². The van der Waals surface area contributed by atoms with Gasteiger partial charge in [-0.1, -0.05) is 27.5 Å². The van der Waals surface area contributed by atoms with Gasteiger partial charge in [-0.3, -0.25) is 4.98 Å². The summed E-state index contributed by atoms with van der Waals surface area (Å²) in [7, 11) is 0. The van der Waals surface area contributed by atoms with Crippen LogP contribution in [0, 0.1) is 25.2 Å². The molecule has 0 radical (unpaired) electrons. The predicted octanol–water partition coefficient (Wildman–Crippen LogP) is 6.08. The van der Waals surface area contributed by atoms with Crippen LogP contribution < -0.4 is 0 Å². The Hall–Kier alpha value is -2.35. The van der Waals surface area contributed by atoms with Gasteiger partial charge in [0.15, 0.2) is 0 Å². The molecule has 0 aliphatic heterocycles. The monoisotopic (exact) mass is 409 g/mol. The van der Waals surface area contributed by atoms with Crippen molar-refractivity contribution >= 4 is 49.3 Å². The molecule has 0 amide bonds. The Bertz CT molecular complexity index is 1200. The molecule has 2 aromatic heterocycles. The highest BCUT2D eigenvalue weighted by molar-refractivity contribution is 9.10. The molecule has 0 bridgehead atoms. The number of aromatic nitrogens is 2. The molecule has 0 N–H and O–H groups in total. The maximum absolute atomic E-state index is 9.44. The third kappa shape index (κ3) is 2.52. The fraction of sp³-hybridized carbons (Fsp3) is 0.100. The molecular weight excluding hydrogens is 398 g/mol. The Morgan fingerprint density at radius 3 is 2.68 bits per heavy atom. The van der Waals surface area contributed by atoms with E-state index >= 15 is 0 Å². The molecule has 4 rings (SSSR count). The number of fused-ring (bicyclic) bond motifs is 2. The Kier molecular flexibility index (Phi) is 3.79. The van der Waals surface area contributed by atoms with Crippen LogP contribution in [0.1, 0.15) is 16.8 Å². The van der Waals surface area contributed by atoms with Gasteiger partial charge in [0, 0.05) is 32.2 Å². The summed E-state index contributed by atoms with van der Waals surface area (Å²) >= 11 is 9.76. The highest BCUT2D eigenvalue weighted by atomic mass is 79.9. The molecule has 4 aromatic rings. The summed E-state index contributed by atoms with van der Waals surface area (Å²) in [5.41, 5.74) is 5.63. The second kappa shape index (κ2) is 5.87. The largest absolute Gasteiger partial charge is 0.315 e.